The highest BCUT2D eigenvalue weighted by Gasteiger charge is 2.04. The minimum Gasteiger partial charge on any atom is -0.0898 e. The van der Waals surface area contributed by atoms with Crippen LogP contribution in [0.1, 0.15) is 18.4 Å². The summed E-state index contributed by atoms with van der Waals surface area (Å²) in [6.45, 7) is 2.31. The highest BCUT2D eigenvalue weighted by Crippen LogP contribution is 2.23. The van der Waals surface area contributed by atoms with E-state index in [2.05, 4.69) is 67.6 Å². The lowest BCUT2D eigenvalue weighted by Gasteiger charge is -2.11. The molecule has 0 aliphatic rings. The van der Waals surface area contributed by atoms with Crippen LogP contribution < -0.4 is 5.30 Å². The molecule has 2 unspecified atom stereocenters. The van der Waals surface area contributed by atoms with Crippen LogP contribution >= 0.6 is 8.58 Å². The van der Waals surface area contributed by atoms with E-state index in [0.29, 0.717) is 5.92 Å². The molecule has 0 amide bonds. The SMILES string of the molecule is CC(CPc1ccccc1)c1ccccc1. The molecule has 0 bridgehead atoms. The lowest BCUT2D eigenvalue weighted by molar-refractivity contribution is 0.879. The number of hydrogen-bond acceptors (Lipinski definition) is 0. The lowest BCUT2D eigenvalue weighted by Crippen LogP contribution is -2.00. The molecule has 0 fully saturated rings. The van der Waals surface area contributed by atoms with E-state index in [1.807, 2.05) is 0 Å². The molecule has 0 aliphatic heterocycles. The summed E-state index contributed by atoms with van der Waals surface area (Å²) in [5, 5.41) is 1.46. The van der Waals surface area contributed by atoms with Crippen LogP contribution in [0.15, 0.2) is 60.7 Å². The molecule has 2 aromatic carbocycles. The maximum atomic E-state index is 2.31. The Kier molecular flexibility index (Phi) is 4.13. The second-order valence-electron chi connectivity index (χ2n) is 4.06. The van der Waals surface area contributed by atoms with Gasteiger partial charge in [-0.2, -0.15) is 0 Å². The monoisotopic (exact) mass is 228 g/mol. The van der Waals surface area contributed by atoms with Crippen molar-refractivity contribution in [1.29, 1.82) is 0 Å². The van der Waals surface area contributed by atoms with Crippen molar-refractivity contribution >= 4 is 13.9 Å². The van der Waals surface area contributed by atoms with Crippen molar-refractivity contribution in [3.05, 3.63) is 66.2 Å². The molecule has 1 heteroatoms. The average molecular weight is 228 g/mol. The minimum absolute atomic E-state index is 0.653. The first-order valence-corrected chi connectivity index (χ1v) is 6.91. The predicted octanol–water partition coefficient (Wildman–Crippen LogP) is 3.79. The fourth-order valence-corrected chi connectivity index (χ4v) is 2.93. The molecule has 0 saturated carbocycles. The Labute approximate surface area is 99.5 Å². The van der Waals surface area contributed by atoms with Gasteiger partial charge in [-0.05, 0) is 22.9 Å². The number of benzene rings is 2. The van der Waals surface area contributed by atoms with Crippen molar-refractivity contribution in [2.24, 2.45) is 0 Å². The minimum atomic E-state index is 0.653. The Morgan fingerprint density at radius 2 is 1.44 bits per heavy atom. The van der Waals surface area contributed by atoms with Crippen LogP contribution in [0.2, 0.25) is 0 Å². The Morgan fingerprint density at radius 3 is 2.06 bits per heavy atom. The third-order valence-electron chi connectivity index (χ3n) is 2.75. The highest BCUT2D eigenvalue weighted by atomic mass is 31.1. The van der Waals surface area contributed by atoms with E-state index in [1.165, 1.54) is 17.0 Å². The molecule has 0 heterocycles. The van der Waals surface area contributed by atoms with Crippen LogP contribution in [0.25, 0.3) is 0 Å². The fourth-order valence-electron chi connectivity index (χ4n) is 1.73. The molecule has 2 aromatic rings. The summed E-state index contributed by atoms with van der Waals surface area (Å²) >= 11 is 0. The van der Waals surface area contributed by atoms with Gasteiger partial charge in [-0.3, -0.25) is 0 Å². The predicted molar refractivity (Wildman–Crippen MR) is 74.1 cm³/mol. The zero-order chi connectivity index (χ0) is 11.2. The van der Waals surface area contributed by atoms with Crippen LogP contribution in [0, 0.1) is 0 Å². The summed E-state index contributed by atoms with van der Waals surface area (Å²) < 4.78 is 0. The molecule has 0 aromatic heterocycles. The van der Waals surface area contributed by atoms with Crippen LogP contribution in [0.5, 0.6) is 0 Å². The summed E-state index contributed by atoms with van der Waals surface area (Å²) in [6.07, 6.45) is 1.24. The van der Waals surface area contributed by atoms with Gasteiger partial charge < -0.3 is 0 Å². The van der Waals surface area contributed by atoms with Crippen molar-refractivity contribution in [3.8, 4) is 0 Å². The Hall–Kier alpha value is -1.13. The Bertz CT molecular complexity index is 408. The number of rotatable bonds is 4. The average Bonchev–Trinajstić information content (AvgIpc) is 2.38. The molecule has 0 aliphatic carbocycles. The molecule has 82 valence electrons. The summed E-state index contributed by atoms with van der Waals surface area (Å²) in [5.74, 6) is 0.653. The van der Waals surface area contributed by atoms with Gasteiger partial charge in [-0.25, -0.2) is 0 Å². The third kappa shape index (κ3) is 3.18. The van der Waals surface area contributed by atoms with Crippen molar-refractivity contribution < 1.29 is 0 Å². The molecule has 0 saturated heterocycles. The van der Waals surface area contributed by atoms with E-state index < -0.39 is 0 Å². The molecule has 2 rings (SSSR count). The van der Waals surface area contributed by atoms with Gasteiger partial charge in [-0.15, -0.1) is 0 Å². The summed E-state index contributed by atoms with van der Waals surface area (Å²) in [4.78, 5) is 0. The van der Waals surface area contributed by atoms with E-state index in [0.717, 1.165) is 8.58 Å². The first kappa shape index (κ1) is 11.4. The van der Waals surface area contributed by atoms with Gasteiger partial charge in [0.2, 0.25) is 0 Å². The molecule has 2 atom stereocenters. The van der Waals surface area contributed by atoms with E-state index >= 15 is 0 Å². The van der Waals surface area contributed by atoms with E-state index in [1.54, 1.807) is 0 Å². The maximum Gasteiger partial charge on any atom is -0.0150 e. The smallest absolute Gasteiger partial charge is 0.0150 e. The van der Waals surface area contributed by atoms with Crippen LogP contribution in [0.4, 0.5) is 0 Å². The maximum absolute atomic E-state index is 2.31. The molecular weight excluding hydrogens is 211 g/mol. The molecule has 0 spiro atoms. The van der Waals surface area contributed by atoms with Crippen molar-refractivity contribution in [2.45, 2.75) is 12.8 Å². The van der Waals surface area contributed by atoms with E-state index in [4.69, 9.17) is 0 Å². The van der Waals surface area contributed by atoms with Crippen LogP contribution in [-0.4, -0.2) is 6.16 Å². The van der Waals surface area contributed by atoms with Gasteiger partial charge in [0.25, 0.3) is 0 Å². The summed E-state index contributed by atoms with van der Waals surface area (Å²) in [7, 11) is 0.910. The van der Waals surface area contributed by atoms with Gasteiger partial charge in [0, 0.05) is 0 Å². The topological polar surface area (TPSA) is 0 Å². The molecule has 0 radical (unpaired) electrons. The van der Waals surface area contributed by atoms with Gasteiger partial charge >= 0.3 is 0 Å². The quantitative estimate of drug-likeness (QED) is 0.698. The lowest BCUT2D eigenvalue weighted by atomic mass is 10.0. The molecule has 0 nitrogen and oxygen atoms in total. The van der Waals surface area contributed by atoms with Gasteiger partial charge in [0.15, 0.2) is 0 Å². The number of hydrogen-bond donors (Lipinski definition) is 0. The zero-order valence-corrected chi connectivity index (χ0v) is 10.6. The molecular formula is C15H17P. The molecule has 16 heavy (non-hydrogen) atoms. The third-order valence-corrected chi connectivity index (χ3v) is 4.31. The standard InChI is InChI=1S/C15H17P/c1-13(14-8-4-2-5-9-14)12-16-15-10-6-3-7-11-15/h2-11,13,16H,12H2,1H3. The largest absolute Gasteiger partial charge is 0.0898 e. The van der Waals surface area contributed by atoms with Crippen molar-refractivity contribution in [2.75, 3.05) is 6.16 Å². The van der Waals surface area contributed by atoms with Crippen LogP contribution in [-0.2, 0) is 0 Å². The van der Waals surface area contributed by atoms with E-state index in [9.17, 15) is 0 Å². The zero-order valence-electron chi connectivity index (χ0n) is 9.56. The van der Waals surface area contributed by atoms with Crippen molar-refractivity contribution in [1.82, 2.24) is 0 Å². The van der Waals surface area contributed by atoms with Crippen LogP contribution in [0.3, 0.4) is 0 Å². The second-order valence-corrected chi connectivity index (χ2v) is 5.40. The Balaban J connectivity index is 1.92. The summed E-state index contributed by atoms with van der Waals surface area (Å²) in [5.41, 5.74) is 1.45. The first-order chi connectivity index (χ1) is 7.86. The fraction of sp³-hybridized carbons (Fsp3) is 0.200. The van der Waals surface area contributed by atoms with Gasteiger partial charge in [-0.1, -0.05) is 76.2 Å². The summed E-state index contributed by atoms with van der Waals surface area (Å²) in [6, 6.07) is 21.5. The van der Waals surface area contributed by atoms with Gasteiger partial charge in [0.1, 0.15) is 0 Å². The van der Waals surface area contributed by atoms with Gasteiger partial charge in [0.05, 0.1) is 0 Å². The highest BCUT2D eigenvalue weighted by molar-refractivity contribution is 7.47. The second kappa shape index (κ2) is 5.82. The first-order valence-electron chi connectivity index (χ1n) is 5.70. The normalized spacial score (nSPS) is 13.1. The molecule has 0 N–H and O–H groups in total. The van der Waals surface area contributed by atoms with Crippen molar-refractivity contribution in [3.63, 3.8) is 0 Å². The Morgan fingerprint density at radius 1 is 0.875 bits per heavy atom. The van der Waals surface area contributed by atoms with E-state index in [-0.39, 0.29) is 0 Å².